The monoisotopic (exact) mass is 245 g/mol. The molecule has 1 aromatic rings. The van der Waals surface area contributed by atoms with Gasteiger partial charge in [-0.25, -0.2) is 0 Å². The Balaban J connectivity index is 2.73. The molecule has 0 saturated carbocycles. The highest BCUT2D eigenvalue weighted by atomic mass is 16.1. The van der Waals surface area contributed by atoms with Crippen molar-refractivity contribution in [2.24, 2.45) is 11.7 Å². The second-order valence-corrected chi connectivity index (χ2v) is 4.37. The summed E-state index contributed by atoms with van der Waals surface area (Å²) < 4.78 is 0. The molecule has 3 N–H and O–H groups in total. The topological polar surface area (TPSA) is 68.0 Å². The second kappa shape index (κ2) is 7.46. The molecule has 0 aromatic carbocycles. The van der Waals surface area contributed by atoms with E-state index in [1.165, 1.54) is 0 Å². The minimum Gasteiger partial charge on any atom is -0.352 e. The summed E-state index contributed by atoms with van der Waals surface area (Å²) in [5, 5.41) is 2.88. The van der Waals surface area contributed by atoms with Crippen LogP contribution in [0.15, 0.2) is 18.5 Å². The van der Waals surface area contributed by atoms with Gasteiger partial charge in [-0.05, 0) is 18.4 Å². The van der Waals surface area contributed by atoms with Gasteiger partial charge in [0.1, 0.15) is 0 Å². The number of carbonyl (C=O) groups is 1. The molecule has 18 heavy (non-hydrogen) atoms. The summed E-state index contributed by atoms with van der Waals surface area (Å²) in [5.41, 5.74) is 6.49. The van der Waals surface area contributed by atoms with Crippen LogP contribution in [-0.4, -0.2) is 24.0 Å². The number of rotatable bonds is 4. The zero-order chi connectivity index (χ0) is 13.4. The van der Waals surface area contributed by atoms with Crippen LogP contribution in [0.3, 0.4) is 0 Å². The van der Waals surface area contributed by atoms with E-state index >= 15 is 0 Å². The van der Waals surface area contributed by atoms with Gasteiger partial charge >= 0.3 is 0 Å². The van der Waals surface area contributed by atoms with Crippen LogP contribution >= 0.6 is 0 Å². The average Bonchev–Trinajstić information content (AvgIpc) is 2.36. The Morgan fingerprint density at radius 1 is 1.56 bits per heavy atom. The van der Waals surface area contributed by atoms with Crippen molar-refractivity contribution in [3.8, 4) is 11.8 Å². The van der Waals surface area contributed by atoms with Crippen LogP contribution in [0.5, 0.6) is 0 Å². The molecule has 0 aliphatic heterocycles. The van der Waals surface area contributed by atoms with E-state index in [1.54, 1.807) is 18.5 Å². The molecule has 0 bridgehead atoms. The lowest BCUT2D eigenvalue weighted by Crippen LogP contribution is -2.26. The van der Waals surface area contributed by atoms with Gasteiger partial charge in [0.2, 0.25) is 0 Å². The lowest BCUT2D eigenvalue weighted by Gasteiger charge is -2.08. The van der Waals surface area contributed by atoms with Crippen molar-refractivity contribution >= 4 is 5.91 Å². The minimum absolute atomic E-state index is 0.112. The number of aromatic nitrogens is 1. The maximum atomic E-state index is 12.0. The summed E-state index contributed by atoms with van der Waals surface area (Å²) in [4.78, 5) is 15.9. The summed E-state index contributed by atoms with van der Waals surface area (Å²) in [5.74, 6) is 6.04. The van der Waals surface area contributed by atoms with Gasteiger partial charge in [-0.3, -0.25) is 9.78 Å². The summed E-state index contributed by atoms with van der Waals surface area (Å²) >= 11 is 0. The van der Waals surface area contributed by atoms with Crippen molar-refractivity contribution < 1.29 is 4.79 Å². The first-order chi connectivity index (χ1) is 8.65. The fourth-order valence-electron chi connectivity index (χ4n) is 1.41. The lowest BCUT2D eigenvalue weighted by molar-refractivity contribution is 0.0951. The van der Waals surface area contributed by atoms with Gasteiger partial charge in [-0.15, -0.1) is 0 Å². The van der Waals surface area contributed by atoms with Gasteiger partial charge in [0.25, 0.3) is 5.91 Å². The molecule has 4 heteroatoms. The second-order valence-electron chi connectivity index (χ2n) is 4.37. The van der Waals surface area contributed by atoms with Crippen molar-refractivity contribution in [3.63, 3.8) is 0 Å². The summed E-state index contributed by atoms with van der Waals surface area (Å²) in [7, 11) is 0. The number of amides is 1. The largest absolute Gasteiger partial charge is 0.352 e. The summed E-state index contributed by atoms with van der Waals surface area (Å²) in [6.07, 6.45) is 4.13. The number of nitrogens with zero attached hydrogens (tertiary/aromatic N) is 1. The maximum Gasteiger partial charge on any atom is 0.252 e. The first-order valence-electron chi connectivity index (χ1n) is 6.06. The molecule has 1 amide bonds. The van der Waals surface area contributed by atoms with Crippen molar-refractivity contribution in [1.82, 2.24) is 10.3 Å². The van der Waals surface area contributed by atoms with E-state index in [0.29, 0.717) is 23.6 Å². The van der Waals surface area contributed by atoms with Gasteiger partial charge in [0, 0.05) is 18.9 Å². The Morgan fingerprint density at radius 3 is 3.00 bits per heavy atom. The number of pyridine rings is 1. The first kappa shape index (κ1) is 14.2. The van der Waals surface area contributed by atoms with Crippen molar-refractivity contribution in [1.29, 1.82) is 0 Å². The Bertz CT molecular complexity index is 458. The molecule has 1 rings (SSSR count). The number of nitrogens with one attached hydrogen (secondary N) is 1. The van der Waals surface area contributed by atoms with Crippen LogP contribution in [0.1, 0.15) is 36.2 Å². The maximum absolute atomic E-state index is 12.0. The Kier molecular flexibility index (Phi) is 5.89. The van der Waals surface area contributed by atoms with Crippen molar-refractivity contribution in [2.75, 3.05) is 13.1 Å². The van der Waals surface area contributed by atoms with Crippen LogP contribution in [0, 0.1) is 17.8 Å². The molecular formula is C14H19N3O. The van der Waals surface area contributed by atoms with Gasteiger partial charge in [-0.2, -0.15) is 0 Å². The summed E-state index contributed by atoms with van der Waals surface area (Å²) in [6.45, 7) is 5.18. The molecule has 1 aromatic heterocycles. The fraction of sp³-hybridized carbons (Fsp3) is 0.429. The first-order valence-corrected chi connectivity index (χ1v) is 6.06. The molecule has 0 saturated heterocycles. The highest BCUT2D eigenvalue weighted by Crippen LogP contribution is 2.05. The molecule has 96 valence electrons. The quantitative estimate of drug-likeness (QED) is 0.782. The third kappa shape index (κ3) is 4.56. The van der Waals surface area contributed by atoms with Gasteiger partial charge in [-0.1, -0.05) is 25.7 Å². The van der Waals surface area contributed by atoms with Crippen LogP contribution in [-0.2, 0) is 0 Å². The van der Waals surface area contributed by atoms with E-state index < -0.39 is 0 Å². The van der Waals surface area contributed by atoms with E-state index in [1.807, 2.05) is 0 Å². The zero-order valence-corrected chi connectivity index (χ0v) is 10.9. The molecular weight excluding hydrogens is 226 g/mol. The third-order valence-electron chi connectivity index (χ3n) is 2.40. The molecule has 1 heterocycles. The van der Waals surface area contributed by atoms with E-state index in [4.69, 9.17) is 5.73 Å². The molecule has 0 unspecified atom stereocenters. The molecule has 0 fully saturated rings. The van der Waals surface area contributed by atoms with Gasteiger partial charge in [0.05, 0.1) is 17.7 Å². The predicted octanol–water partition coefficient (Wildman–Crippen LogP) is 1.17. The Morgan fingerprint density at radius 2 is 2.33 bits per heavy atom. The van der Waals surface area contributed by atoms with Crippen molar-refractivity contribution in [3.05, 3.63) is 29.6 Å². The SMILES string of the molecule is CC(C)CCNC(=O)c1ccncc1C#CCN. The average molecular weight is 245 g/mol. The Labute approximate surface area is 108 Å². The highest BCUT2D eigenvalue weighted by Gasteiger charge is 2.09. The zero-order valence-electron chi connectivity index (χ0n) is 10.9. The third-order valence-corrected chi connectivity index (χ3v) is 2.40. The number of hydrogen-bond acceptors (Lipinski definition) is 3. The lowest BCUT2D eigenvalue weighted by atomic mass is 10.1. The van der Waals surface area contributed by atoms with Crippen LogP contribution in [0.2, 0.25) is 0 Å². The minimum atomic E-state index is -0.112. The van der Waals surface area contributed by atoms with E-state index in [-0.39, 0.29) is 12.5 Å². The molecule has 4 nitrogen and oxygen atoms in total. The normalized spacial score (nSPS) is 9.78. The van der Waals surface area contributed by atoms with Crippen molar-refractivity contribution in [2.45, 2.75) is 20.3 Å². The van der Waals surface area contributed by atoms with E-state index in [9.17, 15) is 4.79 Å². The van der Waals surface area contributed by atoms with Gasteiger partial charge in [0.15, 0.2) is 0 Å². The van der Waals surface area contributed by atoms with E-state index in [2.05, 4.69) is 36.0 Å². The van der Waals surface area contributed by atoms with Crippen LogP contribution in [0.4, 0.5) is 0 Å². The number of carbonyl (C=O) groups excluding carboxylic acids is 1. The summed E-state index contributed by atoms with van der Waals surface area (Å²) in [6, 6.07) is 1.67. The standard InChI is InChI=1S/C14H19N3O/c1-11(2)5-9-17-14(18)13-6-8-16-10-12(13)4-3-7-15/h6,8,10-11H,5,7,9,15H2,1-2H3,(H,17,18). The number of hydrogen-bond donors (Lipinski definition) is 2. The van der Waals surface area contributed by atoms with Gasteiger partial charge < -0.3 is 11.1 Å². The molecule has 0 atom stereocenters. The molecule has 0 spiro atoms. The number of nitrogens with two attached hydrogens (primary N) is 1. The predicted molar refractivity (Wildman–Crippen MR) is 72.0 cm³/mol. The van der Waals surface area contributed by atoms with E-state index in [0.717, 1.165) is 6.42 Å². The van der Waals surface area contributed by atoms with Crippen LogP contribution < -0.4 is 11.1 Å². The molecule has 0 radical (unpaired) electrons. The fourth-order valence-corrected chi connectivity index (χ4v) is 1.41. The highest BCUT2D eigenvalue weighted by molar-refractivity contribution is 5.96. The van der Waals surface area contributed by atoms with Crippen LogP contribution in [0.25, 0.3) is 0 Å². The Hall–Kier alpha value is -1.86. The molecule has 0 aliphatic carbocycles. The molecule has 0 aliphatic rings. The smallest absolute Gasteiger partial charge is 0.252 e.